The summed E-state index contributed by atoms with van der Waals surface area (Å²) in [5, 5.41) is 3.39. The molecule has 3 heterocycles. The van der Waals surface area contributed by atoms with Gasteiger partial charge in [0.15, 0.2) is 17.3 Å². The Morgan fingerprint density at radius 3 is 2.78 bits per heavy atom. The summed E-state index contributed by atoms with van der Waals surface area (Å²) in [4.78, 5) is 18.1. The first kappa shape index (κ1) is 14.1. The summed E-state index contributed by atoms with van der Waals surface area (Å²) in [5.41, 5.74) is 2.05. The van der Waals surface area contributed by atoms with Gasteiger partial charge in [-0.15, -0.1) is 0 Å². The average molecular weight is 308 g/mol. The van der Waals surface area contributed by atoms with Crippen LogP contribution in [0.5, 0.6) is 0 Å². The number of fused-ring (bicyclic) bond motifs is 1. The van der Waals surface area contributed by atoms with Crippen molar-refractivity contribution >= 4 is 5.82 Å². The molecule has 0 amide bonds. The van der Waals surface area contributed by atoms with Crippen molar-refractivity contribution in [3.63, 3.8) is 0 Å². The number of hydrogen-bond acceptors (Lipinski definition) is 5. The maximum absolute atomic E-state index is 4.77. The second-order valence-electron chi connectivity index (χ2n) is 6.02. The van der Waals surface area contributed by atoms with Gasteiger partial charge in [0.2, 0.25) is 0 Å². The van der Waals surface area contributed by atoms with Crippen LogP contribution in [-0.2, 0) is 13.1 Å². The highest BCUT2D eigenvalue weighted by Gasteiger charge is 2.31. The van der Waals surface area contributed by atoms with Gasteiger partial charge in [0, 0.05) is 31.4 Å². The van der Waals surface area contributed by atoms with Crippen LogP contribution in [0.15, 0.2) is 30.9 Å². The van der Waals surface area contributed by atoms with E-state index < -0.39 is 0 Å². The van der Waals surface area contributed by atoms with Crippen molar-refractivity contribution in [1.29, 1.82) is 0 Å². The molecule has 1 aliphatic carbocycles. The molecule has 1 N–H and O–H groups in total. The highest BCUT2D eigenvalue weighted by Crippen LogP contribution is 2.40. The number of imidazole rings is 1. The van der Waals surface area contributed by atoms with Crippen molar-refractivity contribution in [2.24, 2.45) is 0 Å². The van der Waals surface area contributed by atoms with Crippen LogP contribution >= 0.6 is 0 Å². The van der Waals surface area contributed by atoms with Gasteiger partial charge in [0.05, 0.1) is 6.33 Å². The Kier molecular flexibility index (Phi) is 3.65. The topological polar surface area (TPSA) is 68.5 Å². The molecule has 1 saturated carbocycles. The molecule has 0 radical (unpaired) electrons. The van der Waals surface area contributed by atoms with Gasteiger partial charge in [0.25, 0.3) is 0 Å². The summed E-state index contributed by atoms with van der Waals surface area (Å²) in [6, 6.07) is 3.99. The zero-order chi connectivity index (χ0) is 15.6. The van der Waals surface area contributed by atoms with E-state index in [1.54, 1.807) is 12.4 Å². The zero-order valence-corrected chi connectivity index (χ0v) is 13.2. The molecule has 6 nitrogen and oxygen atoms in total. The molecule has 0 bridgehead atoms. The molecule has 1 fully saturated rings. The van der Waals surface area contributed by atoms with Crippen LogP contribution < -0.4 is 5.32 Å². The smallest absolute Gasteiger partial charge is 0.165 e. The quantitative estimate of drug-likeness (QED) is 0.758. The summed E-state index contributed by atoms with van der Waals surface area (Å²) in [7, 11) is 0. The maximum atomic E-state index is 4.77. The molecule has 1 aromatic rings. The first-order valence-corrected chi connectivity index (χ1v) is 8.20. The fourth-order valence-electron chi connectivity index (χ4n) is 2.70. The summed E-state index contributed by atoms with van der Waals surface area (Å²) < 4.78 is 2.10. The van der Waals surface area contributed by atoms with Gasteiger partial charge in [-0.1, -0.05) is 6.92 Å². The number of nitrogens with zero attached hydrogens (tertiary/aromatic N) is 5. The largest absolute Gasteiger partial charge is 0.364 e. The molecule has 0 spiro atoms. The Balaban J connectivity index is 1.64. The average Bonchev–Trinajstić information content (AvgIpc) is 3.34. The molecule has 0 saturated heterocycles. The highest BCUT2D eigenvalue weighted by atomic mass is 15.2. The molecule has 0 unspecified atom stereocenters. The summed E-state index contributed by atoms with van der Waals surface area (Å²) in [5.74, 6) is 3.28. The SMILES string of the molecule is CCCn1cnc(NCc2ccncc2)c2nc(C3CC3)nc1-2. The van der Waals surface area contributed by atoms with Crippen LogP contribution in [0.25, 0.3) is 11.5 Å². The number of aryl methyl sites for hydroxylation is 1. The van der Waals surface area contributed by atoms with Crippen LogP contribution in [0.1, 0.15) is 43.5 Å². The van der Waals surface area contributed by atoms with Crippen molar-refractivity contribution in [2.45, 2.75) is 45.2 Å². The molecule has 0 atom stereocenters. The van der Waals surface area contributed by atoms with Gasteiger partial charge in [0.1, 0.15) is 5.82 Å². The van der Waals surface area contributed by atoms with Crippen LogP contribution in [0.4, 0.5) is 5.82 Å². The van der Waals surface area contributed by atoms with Gasteiger partial charge in [-0.25, -0.2) is 15.0 Å². The minimum atomic E-state index is 0.547. The number of rotatable bonds is 6. The maximum Gasteiger partial charge on any atom is 0.165 e. The van der Waals surface area contributed by atoms with Crippen molar-refractivity contribution < 1.29 is 0 Å². The normalized spacial score (nSPS) is 14.3. The van der Waals surface area contributed by atoms with Crippen LogP contribution in [0.2, 0.25) is 0 Å². The van der Waals surface area contributed by atoms with E-state index in [-0.39, 0.29) is 0 Å². The van der Waals surface area contributed by atoms with Crippen molar-refractivity contribution in [3.8, 4) is 11.5 Å². The van der Waals surface area contributed by atoms with Crippen LogP contribution in [-0.4, -0.2) is 24.5 Å². The summed E-state index contributed by atoms with van der Waals surface area (Å²) in [6.07, 6.45) is 8.93. The van der Waals surface area contributed by atoms with Crippen molar-refractivity contribution in [1.82, 2.24) is 24.5 Å². The summed E-state index contributed by atoms with van der Waals surface area (Å²) >= 11 is 0. The second-order valence-corrected chi connectivity index (χ2v) is 6.02. The minimum Gasteiger partial charge on any atom is -0.364 e. The monoisotopic (exact) mass is 308 g/mol. The Labute approximate surface area is 135 Å². The van der Waals surface area contributed by atoms with E-state index in [0.29, 0.717) is 12.5 Å². The van der Waals surface area contributed by atoms with E-state index in [4.69, 9.17) is 9.97 Å². The van der Waals surface area contributed by atoms with Crippen molar-refractivity contribution in [2.75, 3.05) is 5.32 Å². The van der Waals surface area contributed by atoms with E-state index in [9.17, 15) is 0 Å². The molecule has 2 aliphatic heterocycles. The van der Waals surface area contributed by atoms with Gasteiger partial charge < -0.3 is 9.88 Å². The Morgan fingerprint density at radius 1 is 1.22 bits per heavy atom. The van der Waals surface area contributed by atoms with Gasteiger partial charge in [-0.3, -0.25) is 4.98 Å². The molecular formula is C17H20N6. The number of pyridine rings is 1. The van der Waals surface area contributed by atoms with Crippen LogP contribution in [0.3, 0.4) is 0 Å². The van der Waals surface area contributed by atoms with Gasteiger partial charge in [-0.05, 0) is 37.0 Å². The zero-order valence-electron chi connectivity index (χ0n) is 13.2. The number of hydrogen-bond donors (Lipinski definition) is 1. The van der Waals surface area contributed by atoms with Gasteiger partial charge in [-0.2, -0.15) is 0 Å². The lowest BCUT2D eigenvalue weighted by Gasteiger charge is -2.13. The molecular weight excluding hydrogens is 288 g/mol. The standard InChI is InChI=1S/C17H20N6/c1-2-9-23-11-20-16(19-10-12-5-7-18-8-6-12)14-17(23)22-15(21-14)13-3-4-13/h5-8,11,13,19H,2-4,9-10H2,1H3. The van der Waals surface area contributed by atoms with E-state index in [2.05, 4.69) is 26.8 Å². The highest BCUT2D eigenvalue weighted by molar-refractivity contribution is 5.67. The van der Waals surface area contributed by atoms with E-state index in [0.717, 1.165) is 36.1 Å². The Morgan fingerprint density at radius 2 is 2.04 bits per heavy atom. The fourth-order valence-corrected chi connectivity index (χ4v) is 2.70. The Hall–Kier alpha value is -2.50. The van der Waals surface area contributed by atoms with E-state index in [1.807, 2.05) is 18.5 Å². The minimum absolute atomic E-state index is 0.547. The third kappa shape index (κ3) is 2.88. The first-order valence-electron chi connectivity index (χ1n) is 8.20. The summed E-state index contributed by atoms with van der Waals surface area (Å²) in [6.45, 7) is 3.78. The molecule has 0 aromatic carbocycles. The molecule has 6 heteroatoms. The molecule has 3 aliphatic rings. The lowest BCUT2D eigenvalue weighted by molar-refractivity contribution is 0.659. The predicted molar refractivity (Wildman–Crippen MR) is 88.3 cm³/mol. The third-order valence-corrected chi connectivity index (χ3v) is 4.10. The molecule has 23 heavy (non-hydrogen) atoms. The number of nitrogens with one attached hydrogen (secondary N) is 1. The Bertz CT molecular complexity index is 762. The van der Waals surface area contributed by atoms with Gasteiger partial charge >= 0.3 is 0 Å². The van der Waals surface area contributed by atoms with E-state index >= 15 is 0 Å². The second kappa shape index (κ2) is 5.95. The van der Waals surface area contributed by atoms with Crippen LogP contribution in [0, 0.1) is 0 Å². The fraction of sp³-hybridized carbons (Fsp3) is 0.412. The molecule has 118 valence electrons. The number of anilines is 1. The number of aromatic nitrogens is 5. The third-order valence-electron chi connectivity index (χ3n) is 4.10. The van der Waals surface area contributed by atoms with Crippen molar-refractivity contribution in [3.05, 3.63) is 42.2 Å². The van der Waals surface area contributed by atoms with E-state index in [1.165, 1.54) is 18.4 Å². The lowest BCUT2D eigenvalue weighted by Crippen LogP contribution is -2.10. The molecule has 4 rings (SSSR count). The first-order chi connectivity index (χ1) is 11.3. The molecule has 1 aromatic heterocycles. The predicted octanol–water partition coefficient (Wildman–Crippen LogP) is 3.07. The lowest BCUT2D eigenvalue weighted by atomic mass is 10.2.